The van der Waals surface area contributed by atoms with Crippen LogP contribution in [0.4, 0.5) is 0 Å². The highest BCUT2D eigenvalue weighted by Crippen LogP contribution is 2.18. The van der Waals surface area contributed by atoms with Crippen LogP contribution in [0.15, 0.2) is 87.4 Å². The molecule has 1 amide bonds. The molecule has 0 saturated heterocycles. The Morgan fingerprint density at radius 1 is 1.06 bits per heavy atom. The summed E-state index contributed by atoms with van der Waals surface area (Å²) in [5.41, 5.74) is 3.33. The van der Waals surface area contributed by atoms with E-state index in [9.17, 15) is 18.0 Å². The first-order chi connectivity index (χ1) is 15.4. The number of carbonyl (C=O) groups is 2. The zero-order valence-electron chi connectivity index (χ0n) is 17.2. The molecular weight excluding hydrogens is 434 g/mol. The third-order valence-corrected chi connectivity index (χ3v) is 6.15. The molecule has 9 nitrogen and oxygen atoms in total. The van der Waals surface area contributed by atoms with Crippen molar-refractivity contribution in [2.45, 2.75) is 11.4 Å². The highest BCUT2D eigenvalue weighted by molar-refractivity contribution is 7.89. The number of hydrogen-bond donors (Lipinski definition) is 1. The Labute approximate surface area is 185 Å². The van der Waals surface area contributed by atoms with Crippen LogP contribution in [-0.2, 0) is 26.1 Å². The van der Waals surface area contributed by atoms with Gasteiger partial charge in [0, 0.05) is 0 Å². The fourth-order valence-corrected chi connectivity index (χ4v) is 4.12. The van der Waals surface area contributed by atoms with Crippen LogP contribution < -0.4 is 5.43 Å². The predicted octanol–water partition coefficient (Wildman–Crippen LogP) is 2.41. The minimum absolute atomic E-state index is 0.0635. The van der Waals surface area contributed by atoms with Crippen molar-refractivity contribution in [2.24, 2.45) is 5.10 Å². The molecule has 0 aliphatic heterocycles. The Hall–Kier alpha value is -3.76. The fraction of sp³-hybridized carbons (Fsp3) is 0.136. The molecule has 0 fully saturated rings. The van der Waals surface area contributed by atoms with Gasteiger partial charge in [-0.1, -0.05) is 30.3 Å². The number of sulfonamides is 1. The first-order valence-corrected chi connectivity index (χ1v) is 10.9. The number of ether oxygens (including phenoxy) is 1. The van der Waals surface area contributed by atoms with Gasteiger partial charge in [-0.2, -0.15) is 9.41 Å². The van der Waals surface area contributed by atoms with Crippen molar-refractivity contribution in [1.29, 1.82) is 0 Å². The van der Waals surface area contributed by atoms with Crippen LogP contribution >= 0.6 is 0 Å². The summed E-state index contributed by atoms with van der Waals surface area (Å²) in [4.78, 5) is 23.9. The summed E-state index contributed by atoms with van der Waals surface area (Å²) < 4.78 is 37.0. The van der Waals surface area contributed by atoms with Gasteiger partial charge in [-0.15, -0.1) is 0 Å². The molecule has 0 spiro atoms. The van der Waals surface area contributed by atoms with Crippen molar-refractivity contribution >= 4 is 28.1 Å². The molecule has 32 heavy (non-hydrogen) atoms. The second-order valence-corrected chi connectivity index (χ2v) is 8.51. The molecule has 0 saturated carbocycles. The number of esters is 1. The van der Waals surface area contributed by atoms with E-state index in [0.717, 1.165) is 4.31 Å². The van der Waals surface area contributed by atoms with Gasteiger partial charge < -0.3 is 9.15 Å². The summed E-state index contributed by atoms with van der Waals surface area (Å²) in [5, 5.41) is 3.86. The van der Waals surface area contributed by atoms with E-state index >= 15 is 0 Å². The number of amides is 1. The van der Waals surface area contributed by atoms with E-state index in [4.69, 9.17) is 4.42 Å². The van der Waals surface area contributed by atoms with Gasteiger partial charge in [-0.25, -0.2) is 18.6 Å². The average Bonchev–Trinajstić information content (AvgIpc) is 3.32. The molecule has 0 aliphatic carbocycles. The first-order valence-electron chi connectivity index (χ1n) is 9.48. The second-order valence-electron chi connectivity index (χ2n) is 6.57. The van der Waals surface area contributed by atoms with E-state index in [-0.39, 0.29) is 11.4 Å². The Balaban J connectivity index is 1.68. The molecule has 0 radical (unpaired) electrons. The predicted molar refractivity (Wildman–Crippen MR) is 116 cm³/mol. The van der Waals surface area contributed by atoms with Gasteiger partial charge in [-0.3, -0.25) is 4.79 Å². The van der Waals surface area contributed by atoms with Crippen LogP contribution in [-0.4, -0.2) is 44.5 Å². The lowest BCUT2D eigenvalue weighted by atomic mass is 10.1. The van der Waals surface area contributed by atoms with Crippen molar-refractivity contribution in [1.82, 2.24) is 9.73 Å². The van der Waals surface area contributed by atoms with Crippen LogP contribution in [0.2, 0.25) is 0 Å². The summed E-state index contributed by atoms with van der Waals surface area (Å²) in [6.45, 7) is -0.576. The van der Waals surface area contributed by atoms with Gasteiger partial charge in [0.05, 0.1) is 43.1 Å². The number of carbonyl (C=O) groups excluding carboxylic acids is 2. The Morgan fingerprint density at radius 2 is 1.78 bits per heavy atom. The van der Waals surface area contributed by atoms with Crippen LogP contribution in [0.25, 0.3) is 0 Å². The van der Waals surface area contributed by atoms with Crippen molar-refractivity contribution in [2.75, 3.05) is 13.7 Å². The van der Waals surface area contributed by atoms with Crippen LogP contribution in [0.5, 0.6) is 0 Å². The number of rotatable bonds is 9. The maximum Gasteiger partial charge on any atom is 0.337 e. The van der Waals surface area contributed by atoms with E-state index < -0.39 is 28.4 Å². The lowest BCUT2D eigenvalue weighted by Gasteiger charge is -2.20. The van der Waals surface area contributed by atoms with E-state index in [2.05, 4.69) is 15.3 Å². The molecule has 3 aromatic rings. The second kappa shape index (κ2) is 10.5. The average molecular weight is 455 g/mol. The first kappa shape index (κ1) is 22.9. The number of nitrogens with zero attached hydrogens (tertiary/aromatic N) is 2. The van der Waals surface area contributed by atoms with Crippen molar-refractivity contribution in [3.63, 3.8) is 0 Å². The van der Waals surface area contributed by atoms with Gasteiger partial charge in [0.2, 0.25) is 10.0 Å². The summed E-state index contributed by atoms with van der Waals surface area (Å²) in [7, 11) is -2.66. The molecule has 166 valence electrons. The topological polar surface area (TPSA) is 118 Å². The summed E-state index contributed by atoms with van der Waals surface area (Å²) in [6.07, 6.45) is 2.81. The normalized spacial score (nSPS) is 11.6. The quantitative estimate of drug-likeness (QED) is 0.301. The van der Waals surface area contributed by atoms with Gasteiger partial charge in [0.15, 0.2) is 0 Å². The number of furan rings is 1. The Bertz CT molecular complexity index is 1170. The summed E-state index contributed by atoms with van der Waals surface area (Å²) in [5.74, 6) is -0.692. The molecule has 0 bridgehead atoms. The summed E-state index contributed by atoms with van der Waals surface area (Å²) >= 11 is 0. The van der Waals surface area contributed by atoms with E-state index in [1.54, 1.807) is 54.6 Å². The van der Waals surface area contributed by atoms with E-state index in [1.165, 1.54) is 31.7 Å². The van der Waals surface area contributed by atoms with Gasteiger partial charge in [0.25, 0.3) is 5.91 Å². The molecule has 0 unspecified atom stereocenters. The third kappa shape index (κ3) is 5.90. The fourth-order valence-electron chi connectivity index (χ4n) is 2.74. The van der Waals surface area contributed by atoms with E-state index in [0.29, 0.717) is 16.9 Å². The maximum atomic E-state index is 13.0. The van der Waals surface area contributed by atoms with E-state index in [1.807, 2.05) is 0 Å². The lowest BCUT2D eigenvalue weighted by molar-refractivity contribution is -0.121. The number of nitrogens with one attached hydrogen (secondary N) is 1. The molecule has 1 N–H and O–H groups in total. The minimum atomic E-state index is -3.95. The maximum absolute atomic E-state index is 13.0. The van der Waals surface area contributed by atoms with Gasteiger partial charge >= 0.3 is 5.97 Å². The van der Waals surface area contributed by atoms with Crippen LogP contribution in [0.1, 0.15) is 21.7 Å². The SMILES string of the molecule is COC(=O)c1ccc(/C=N/NC(=O)CN(Cc2ccco2)S(=O)(=O)c2ccccc2)cc1. The number of hydrogen-bond acceptors (Lipinski definition) is 7. The molecule has 0 aliphatic rings. The smallest absolute Gasteiger partial charge is 0.337 e. The van der Waals surface area contributed by atoms with Crippen LogP contribution in [0, 0.1) is 0 Å². The van der Waals surface area contributed by atoms with Crippen molar-refractivity contribution in [3.05, 3.63) is 89.9 Å². The number of methoxy groups -OCH3 is 1. The lowest BCUT2D eigenvalue weighted by Crippen LogP contribution is -2.38. The number of benzene rings is 2. The monoisotopic (exact) mass is 455 g/mol. The minimum Gasteiger partial charge on any atom is -0.468 e. The molecule has 1 heterocycles. The Kier molecular flexibility index (Phi) is 7.53. The number of hydrazone groups is 1. The largest absolute Gasteiger partial charge is 0.468 e. The molecular formula is C22H21N3O6S. The Morgan fingerprint density at radius 3 is 2.41 bits per heavy atom. The van der Waals surface area contributed by atoms with Crippen LogP contribution in [0.3, 0.4) is 0 Å². The molecule has 10 heteroatoms. The zero-order chi connectivity index (χ0) is 23.0. The zero-order valence-corrected chi connectivity index (χ0v) is 18.0. The van der Waals surface area contributed by atoms with Crippen molar-refractivity contribution in [3.8, 4) is 0 Å². The van der Waals surface area contributed by atoms with Crippen molar-refractivity contribution < 1.29 is 27.2 Å². The van der Waals surface area contributed by atoms with Gasteiger partial charge in [-0.05, 0) is 42.0 Å². The highest BCUT2D eigenvalue weighted by Gasteiger charge is 2.27. The molecule has 0 atom stereocenters. The highest BCUT2D eigenvalue weighted by atomic mass is 32.2. The molecule has 3 rings (SSSR count). The molecule has 2 aromatic carbocycles. The van der Waals surface area contributed by atoms with Gasteiger partial charge in [0.1, 0.15) is 5.76 Å². The third-order valence-electron chi connectivity index (χ3n) is 4.35. The summed E-state index contributed by atoms with van der Waals surface area (Å²) in [6, 6.07) is 17.5. The standard InChI is InChI=1S/C22H21N3O6S/c1-30-22(27)18-11-9-17(10-12-18)14-23-24-21(26)16-25(15-19-6-5-13-31-19)32(28,29)20-7-3-2-4-8-20/h2-14H,15-16H2,1H3,(H,24,26)/b23-14+. The molecule has 1 aromatic heterocycles.